The summed E-state index contributed by atoms with van der Waals surface area (Å²) in [7, 11) is 0. The minimum atomic E-state index is 0.308. The zero-order valence-electron chi connectivity index (χ0n) is 13.3. The molecule has 22 heavy (non-hydrogen) atoms. The third-order valence-electron chi connectivity index (χ3n) is 4.65. The first-order valence-electron chi connectivity index (χ1n) is 8.42. The molecule has 1 atom stereocenters. The first-order valence-corrected chi connectivity index (χ1v) is 8.42. The van der Waals surface area contributed by atoms with Crippen LogP contribution in [0.2, 0.25) is 0 Å². The Morgan fingerprint density at radius 1 is 1.27 bits per heavy atom. The van der Waals surface area contributed by atoms with Gasteiger partial charge in [-0.05, 0) is 43.2 Å². The molecule has 2 aromatic rings. The lowest BCUT2D eigenvalue weighted by Crippen LogP contribution is -2.02. The molecule has 3 nitrogen and oxygen atoms in total. The van der Waals surface area contributed by atoms with Crippen LogP contribution in [0.5, 0.6) is 0 Å². The first-order chi connectivity index (χ1) is 10.8. The van der Waals surface area contributed by atoms with Gasteiger partial charge >= 0.3 is 0 Å². The summed E-state index contributed by atoms with van der Waals surface area (Å²) in [5.74, 6) is 1.97. The second kappa shape index (κ2) is 6.91. The van der Waals surface area contributed by atoms with Crippen molar-refractivity contribution in [2.75, 3.05) is 0 Å². The van der Waals surface area contributed by atoms with Crippen molar-refractivity contribution in [2.45, 2.75) is 57.8 Å². The lowest BCUT2D eigenvalue weighted by molar-refractivity contribution is 0.0994. The average molecular weight is 296 g/mol. The van der Waals surface area contributed by atoms with E-state index in [1.807, 2.05) is 18.5 Å². The lowest BCUT2D eigenvalue weighted by Gasteiger charge is -2.13. The number of carbonyl (C=O) groups excluding carboxylic acids is 1. The van der Waals surface area contributed by atoms with Gasteiger partial charge < -0.3 is 4.98 Å². The summed E-state index contributed by atoms with van der Waals surface area (Å²) in [6.07, 6.45) is 11.2. The molecule has 0 spiro atoms. The monoisotopic (exact) mass is 296 g/mol. The van der Waals surface area contributed by atoms with Crippen LogP contribution in [-0.2, 0) is 12.8 Å². The van der Waals surface area contributed by atoms with Crippen molar-refractivity contribution in [3.05, 3.63) is 53.1 Å². The Kier molecular flexibility index (Phi) is 4.71. The number of hydrogen-bond donors (Lipinski definition) is 1. The zero-order chi connectivity index (χ0) is 15.4. The van der Waals surface area contributed by atoms with Gasteiger partial charge in [-0.15, -0.1) is 0 Å². The zero-order valence-corrected chi connectivity index (χ0v) is 13.3. The number of H-pyrrole nitrogens is 1. The number of imidazole rings is 1. The van der Waals surface area contributed by atoms with Crippen LogP contribution in [0.15, 0.2) is 30.6 Å². The predicted octanol–water partition coefficient (Wildman–Crippen LogP) is 4.45. The molecule has 1 aromatic carbocycles. The smallest absolute Gasteiger partial charge is 0.163 e. The number of nitrogens with zero attached hydrogens (tertiary/aromatic N) is 1. The number of carbonyl (C=O) groups is 1. The number of Topliss-reactive ketones (excluding diaryl/α,β-unsaturated/α-hetero) is 1. The Labute approximate surface area is 132 Å². The van der Waals surface area contributed by atoms with Crippen LogP contribution in [-0.4, -0.2) is 15.8 Å². The molecule has 0 bridgehead atoms. The molecule has 0 aliphatic heterocycles. The molecule has 1 aromatic heterocycles. The normalized spacial score (nSPS) is 15.0. The number of aromatic amines is 1. The Bertz CT molecular complexity index is 631. The van der Waals surface area contributed by atoms with Crippen LogP contribution < -0.4 is 0 Å². The van der Waals surface area contributed by atoms with Crippen LogP contribution in [0.25, 0.3) is 0 Å². The Balaban J connectivity index is 1.57. The number of rotatable bonds is 7. The van der Waals surface area contributed by atoms with E-state index in [1.54, 1.807) is 0 Å². The van der Waals surface area contributed by atoms with Crippen LogP contribution in [0.1, 0.15) is 72.3 Å². The molecule has 116 valence electrons. The summed E-state index contributed by atoms with van der Waals surface area (Å²) in [4.78, 5) is 19.4. The molecule has 1 heterocycles. The Morgan fingerprint density at radius 2 is 2.18 bits per heavy atom. The second-order valence-electron chi connectivity index (χ2n) is 6.27. The highest BCUT2D eigenvalue weighted by Gasteiger charge is 2.19. The maximum atomic E-state index is 11.7. The molecule has 0 amide bonds. The SMILES string of the molecule is CCCC(CCCc1ccc2c(c1)CCC2=O)c1ncc[nH]1. The number of hydrogen-bond acceptors (Lipinski definition) is 2. The number of fused-ring (bicyclic) bond motifs is 1. The Morgan fingerprint density at radius 3 is 2.95 bits per heavy atom. The molecule has 3 rings (SSSR count). The predicted molar refractivity (Wildman–Crippen MR) is 88.3 cm³/mol. The van der Waals surface area contributed by atoms with Crippen molar-refractivity contribution in [1.82, 2.24) is 9.97 Å². The van der Waals surface area contributed by atoms with Gasteiger partial charge in [-0.3, -0.25) is 4.79 Å². The third-order valence-corrected chi connectivity index (χ3v) is 4.65. The Hall–Kier alpha value is -1.90. The van der Waals surface area contributed by atoms with Gasteiger partial charge in [0.05, 0.1) is 0 Å². The maximum Gasteiger partial charge on any atom is 0.163 e. The number of benzene rings is 1. The first kappa shape index (κ1) is 15.0. The summed E-state index contributed by atoms with van der Waals surface area (Å²) < 4.78 is 0. The van der Waals surface area contributed by atoms with Crippen molar-refractivity contribution in [1.29, 1.82) is 0 Å². The van der Waals surface area contributed by atoms with Gasteiger partial charge in [-0.2, -0.15) is 0 Å². The topological polar surface area (TPSA) is 45.8 Å². The van der Waals surface area contributed by atoms with Crippen molar-refractivity contribution < 1.29 is 4.79 Å². The van der Waals surface area contributed by atoms with Crippen LogP contribution in [0.4, 0.5) is 0 Å². The van der Waals surface area contributed by atoms with Gasteiger partial charge in [0.1, 0.15) is 5.82 Å². The van der Waals surface area contributed by atoms with E-state index in [1.165, 1.54) is 24.0 Å². The van der Waals surface area contributed by atoms with Gasteiger partial charge in [0.25, 0.3) is 0 Å². The third kappa shape index (κ3) is 3.29. The van der Waals surface area contributed by atoms with E-state index in [-0.39, 0.29) is 0 Å². The number of aromatic nitrogens is 2. The van der Waals surface area contributed by atoms with Crippen LogP contribution in [0.3, 0.4) is 0 Å². The summed E-state index contributed by atoms with van der Waals surface area (Å²) in [6, 6.07) is 6.39. The van der Waals surface area contributed by atoms with Crippen molar-refractivity contribution >= 4 is 5.78 Å². The van der Waals surface area contributed by atoms with E-state index in [9.17, 15) is 4.79 Å². The van der Waals surface area contributed by atoms with Gasteiger partial charge in [0.15, 0.2) is 5.78 Å². The summed E-state index contributed by atoms with van der Waals surface area (Å²) >= 11 is 0. The molecule has 1 aliphatic rings. The van der Waals surface area contributed by atoms with E-state index < -0.39 is 0 Å². The van der Waals surface area contributed by atoms with Crippen LogP contribution >= 0.6 is 0 Å². The van der Waals surface area contributed by atoms with E-state index in [2.05, 4.69) is 29.0 Å². The molecule has 0 saturated heterocycles. The van der Waals surface area contributed by atoms with Crippen molar-refractivity contribution in [2.24, 2.45) is 0 Å². The summed E-state index contributed by atoms with van der Waals surface area (Å²) in [5.41, 5.74) is 3.56. The molecule has 1 unspecified atom stereocenters. The molecule has 1 aliphatic carbocycles. The van der Waals surface area contributed by atoms with E-state index >= 15 is 0 Å². The molecule has 0 fully saturated rings. The number of aryl methyl sites for hydroxylation is 2. The lowest BCUT2D eigenvalue weighted by atomic mass is 9.94. The summed E-state index contributed by atoms with van der Waals surface area (Å²) in [5, 5.41) is 0. The fraction of sp³-hybridized carbons (Fsp3) is 0.474. The quantitative estimate of drug-likeness (QED) is 0.820. The van der Waals surface area contributed by atoms with Gasteiger partial charge in [0.2, 0.25) is 0 Å². The average Bonchev–Trinajstić information content (AvgIpc) is 3.17. The highest BCUT2D eigenvalue weighted by Crippen LogP contribution is 2.26. The minimum absolute atomic E-state index is 0.308. The van der Waals surface area contributed by atoms with Gasteiger partial charge in [-0.1, -0.05) is 31.5 Å². The highest BCUT2D eigenvalue weighted by molar-refractivity contribution is 6.00. The van der Waals surface area contributed by atoms with Gasteiger partial charge in [0, 0.05) is 30.3 Å². The fourth-order valence-corrected chi connectivity index (χ4v) is 3.48. The molecule has 0 radical (unpaired) electrons. The van der Waals surface area contributed by atoms with E-state index in [0.717, 1.165) is 37.1 Å². The van der Waals surface area contributed by atoms with Crippen molar-refractivity contribution in [3.63, 3.8) is 0 Å². The molecular formula is C19H24N2O. The number of ketones is 1. The largest absolute Gasteiger partial charge is 0.348 e. The molecule has 0 saturated carbocycles. The molecular weight excluding hydrogens is 272 g/mol. The van der Waals surface area contributed by atoms with Crippen LogP contribution in [0, 0.1) is 0 Å². The fourth-order valence-electron chi connectivity index (χ4n) is 3.48. The minimum Gasteiger partial charge on any atom is -0.348 e. The second-order valence-corrected chi connectivity index (χ2v) is 6.27. The number of nitrogens with one attached hydrogen (secondary N) is 1. The van der Waals surface area contributed by atoms with E-state index in [4.69, 9.17) is 0 Å². The van der Waals surface area contributed by atoms with Crippen molar-refractivity contribution in [3.8, 4) is 0 Å². The maximum absolute atomic E-state index is 11.7. The summed E-state index contributed by atoms with van der Waals surface area (Å²) in [6.45, 7) is 2.23. The molecule has 1 N–H and O–H groups in total. The molecule has 3 heteroatoms. The van der Waals surface area contributed by atoms with E-state index in [0.29, 0.717) is 18.1 Å². The highest BCUT2D eigenvalue weighted by atomic mass is 16.1. The van der Waals surface area contributed by atoms with Gasteiger partial charge in [-0.25, -0.2) is 4.98 Å². The standard InChI is InChI=1S/C19H24N2O/c1-2-4-15(19-20-11-12-21-19)6-3-5-14-7-9-17-16(13-14)8-10-18(17)22/h7,9,11-13,15H,2-6,8,10H2,1H3,(H,20,21).